The van der Waals surface area contributed by atoms with E-state index in [0.29, 0.717) is 39.5 Å². The molecule has 0 radical (unpaired) electrons. The molecule has 2 aromatic carbocycles. The second-order valence-corrected chi connectivity index (χ2v) is 7.53. The largest absolute Gasteiger partial charge is 0.437 e. The number of ether oxygens (including phenoxy) is 1. The SMILES string of the molecule is CCc1cccc(NC(=O)Nc2ccc(Oc3ncccc3-c3ncnc(NC)n3)c(Cl)c2)c1. The number of amides is 2. The average molecular weight is 476 g/mol. The molecule has 2 heterocycles. The lowest BCUT2D eigenvalue weighted by Crippen LogP contribution is -2.19. The van der Waals surface area contributed by atoms with Crippen LogP contribution >= 0.6 is 11.6 Å². The molecule has 2 aromatic heterocycles. The van der Waals surface area contributed by atoms with Crippen molar-refractivity contribution in [2.75, 3.05) is 23.0 Å². The molecule has 4 aromatic rings. The Labute approximate surface area is 201 Å². The quantitative estimate of drug-likeness (QED) is 0.317. The molecule has 0 fully saturated rings. The zero-order chi connectivity index (χ0) is 23.9. The molecule has 0 atom stereocenters. The predicted molar refractivity (Wildman–Crippen MR) is 133 cm³/mol. The molecule has 0 aliphatic carbocycles. The number of hydrogen-bond donors (Lipinski definition) is 3. The van der Waals surface area contributed by atoms with Gasteiger partial charge in [-0.15, -0.1) is 0 Å². The minimum absolute atomic E-state index is 0.284. The van der Waals surface area contributed by atoms with Crippen molar-refractivity contribution in [1.82, 2.24) is 19.9 Å². The van der Waals surface area contributed by atoms with E-state index in [1.165, 1.54) is 6.33 Å². The fourth-order valence-corrected chi connectivity index (χ4v) is 3.34. The molecule has 0 saturated carbocycles. The van der Waals surface area contributed by atoms with Crippen molar-refractivity contribution in [3.05, 3.63) is 77.7 Å². The molecule has 0 spiro atoms. The minimum atomic E-state index is -0.375. The van der Waals surface area contributed by atoms with Gasteiger partial charge in [0.1, 0.15) is 12.1 Å². The molecule has 0 aliphatic rings. The summed E-state index contributed by atoms with van der Waals surface area (Å²) in [6.45, 7) is 2.06. The number of halogens is 1. The van der Waals surface area contributed by atoms with Crippen LogP contribution in [0.15, 0.2) is 67.1 Å². The Bertz CT molecular complexity index is 1320. The molecule has 0 aliphatic heterocycles. The summed E-state index contributed by atoms with van der Waals surface area (Å²) >= 11 is 6.43. The Balaban J connectivity index is 1.48. The zero-order valence-electron chi connectivity index (χ0n) is 18.5. The molecule has 4 rings (SSSR count). The van der Waals surface area contributed by atoms with Gasteiger partial charge >= 0.3 is 6.03 Å². The summed E-state index contributed by atoms with van der Waals surface area (Å²) in [5.74, 6) is 1.48. The molecule has 0 saturated heterocycles. The van der Waals surface area contributed by atoms with Crippen molar-refractivity contribution >= 4 is 35.0 Å². The Morgan fingerprint density at radius 2 is 1.82 bits per heavy atom. The van der Waals surface area contributed by atoms with Crippen LogP contribution in [0, 0.1) is 0 Å². The number of urea groups is 1. The first-order valence-corrected chi connectivity index (χ1v) is 10.9. The molecule has 10 heteroatoms. The van der Waals surface area contributed by atoms with E-state index in [0.717, 1.165) is 12.0 Å². The number of anilines is 3. The summed E-state index contributed by atoms with van der Waals surface area (Å²) in [6.07, 6.45) is 3.89. The number of hydrogen-bond acceptors (Lipinski definition) is 7. The number of nitrogens with zero attached hydrogens (tertiary/aromatic N) is 4. The van der Waals surface area contributed by atoms with Gasteiger partial charge in [0.25, 0.3) is 0 Å². The van der Waals surface area contributed by atoms with Crippen LogP contribution in [0.4, 0.5) is 22.1 Å². The molecule has 0 bridgehead atoms. The second-order valence-electron chi connectivity index (χ2n) is 7.12. The summed E-state index contributed by atoms with van der Waals surface area (Å²) in [6, 6.07) is 15.8. The topological polar surface area (TPSA) is 114 Å². The van der Waals surface area contributed by atoms with Crippen molar-refractivity contribution < 1.29 is 9.53 Å². The molecular weight excluding hydrogens is 454 g/mol. The van der Waals surface area contributed by atoms with Gasteiger partial charge in [-0.3, -0.25) is 0 Å². The molecule has 2 amide bonds. The van der Waals surface area contributed by atoms with Crippen LogP contribution in [0.25, 0.3) is 11.4 Å². The first kappa shape index (κ1) is 22.9. The van der Waals surface area contributed by atoms with Crippen molar-refractivity contribution in [3.63, 3.8) is 0 Å². The van der Waals surface area contributed by atoms with Gasteiger partial charge < -0.3 is 20.7 Å². The van der Waals surface area contributed by atoms with Crippen LogP contribution in [-0.4, -0.2) is 33.0 Å². The highest BCUT2D eigenvalue weighted by molar-refractivity contribution is 6.32. The Morgan fingerprint density at radius 3 is 2.59 bits per heavy atom. The smallest absolute Gasteiger partial charge is 0.323 e. The number of nitrogens with one attached hydrogen (secondary N) is 3. The summed E-state index contributed by atoms with van der Waals surface area (Å²) in [5.41, 5.74) is 2.94. The molecule has 9 nitrogen and oxygen atoms in total. The molecule has 3 N–H and O–H groups in total. The first-order chi connectivity index (χ1) is 16.6. The maximum absolute atomic E-state index is 12.4. The van der Waals surface area contributed by atoms with Gasteiger partial charge in [-0.05, 0) is 54.4 Å². The average Bonchev–Trinajstić information content (AvgIpc) is 2.86. The number of aryl methyl sites for hydroxylation is 1. The van der Waals surface area contributed by atoms with E-state index in [1.807, 2.05) is 24.3 Å². The van der Waals surface area contributed by atoms with Crippen LogP contribution in [0.1, 0.15) is 12.5 Å². The van der Waals surface area contributed by atoms with Crippen molar-refractivity contribution in [1.29, 1.82) is 0 Å². The third-order valence-electron chi connectivity index (χ3n) is 4.80. The van der Waals surface area contributed by atoms with Gasteiger partial charge in [-0.1, -0.05) is 30.7 Å². The second kappa shape index (κ2) is 10.6. The van der Waals surface area contributed by atoms with E-state index in [2.05, 4.69) is 42.8 Å². The highest BCUT2D eigenvalue weighted by atomic mass is 35.5. The number of rotatable bonds is 7. The predicted octanol–water partition coefficient (Wildman–Crippen LogP) is 5.63. The maximum atomic E-state index is 12.4. The van der Waals surface area contributed by atoms with Crippen LogP contribution in [0.3, 0.4) is 0 Å². The van der Waals surface area contributed by atoms with Crippen molar-refractivity contribution in [3.8, 4) is 23.0 Å². The summed E-state index contributed by atoms with van der Waals surface area (Å²) < 4.78 is 5.96. The highest BCUT2D eigenvalue weighted by Crippen LogP contribution is 2.34. The van der Waals surface area contributed by atoms with E-state index in [9.17, 15) is 4.79 Å². The Morgan fingerprint density at radius 1 is 1.00 bits per heavy atom. The van der Waals surface area contributed by atoms with Gasteiger partial charge in [0, 0.05) is 24.6 Å². The Kier molecular flexibility index (Phi) is 7.14. The van der Waals surface area contributed by atoms with Crippen LogP contribution in [0.2, 0.25) is 5.02 Å². The monoisotopic (exact) mass is 475 g/mol. The third-order valence-corrected chi connectivity index (χ3v) is 5.09. The zero-order valence-corrected chi connectivity index (χ0v) is 19.3. The van der Waals surface area contributed by atoms with Crippen LogP contribution in [-0.2, 0) is 6.42 Å². The third kappa shape index (κ3) is 5.57. The fraction of sp³-hybridized carbons (Fsp3) is 0.125. The van der Waals surface area contributed by atoms with E-state index >= 15 is 0 Å². The molecule has 34 heavy (non-hydrogen) atoms. The highest BCUT2D eigenvalue weighted by Gasteiger charge is 2.14. The molecule has 0 unspecified atom stereocenters. The van der Waals surface area contributed by atoms with Gasteiger partial charge in [0.15, 0.2) is 5.82 Å². The van der Waals surface area contributed by atoms with Gasteiger partial charge in [0.2, 0.25) is 11.8 Å². The van der Waals surface area contributed by atoms with Crippen LogP contribution < -0.4 is 20.7 Å². The fourth-order valence-electron chi connectivity index (χ4n) is 3.12. The lowest BCUT2D eigenvalue weighted by atomic mass is 10.1. The lowest BCUT2D eigenvalue weighted by molar-refractivity contribution is 0.262. The van der Waals surface area contributed by atoms with Gasteiger partial charge in [0.05, 0.1) is 10.6 Å². The molecular formula is C24H22ClN7O2. The number of pyridine rings is 1. The van der Waals surface area contributed by atoms with Crippen molar-refractivity contribution in [2.24, 2.45) is 0 Å². The normalized spacial score (nSPS) is 10.4. The van der Waals surface area contributed by atoms with Gasteiger partial charge in [-0.2, -0.15) is 4.98 Å². The van der Waals surface area contributed by atoms with E-state index in [4.69, 9.17) is 16.3 Å². The lowest BCUT2D eigenvalue weighted by Gasteiger charge is -2.12. The first-order valence-electron chi connectivity index (χ1n) is 10.5. The number of carbonyl (C=O) groups is 1. The van der Waals surface area contributed by atoms with Gasteiger partial charge in [-0.25, -0.2) is 19.7 Å². The van der Waals surface area contributed by atoms with E-state index in [-0.39, 0.29) is 11.9 Å². The number of carbonyl (C=O) groups excluding carboxylic acids is 1. The summed E-state index contributed by atoms with van der Waals surface area (Å²) in [4.78, 5) is 29.3. The number of aromatic nitrogens is 4. The van der Waals surface area contributed by atoms with Crippen LogP contribution in [0.5, 0.6) is 11.6 Å². The van der Waals surface area contributed by atoms with E-state index < -0.39 is 0 Å². The molecule has 172 valence electrons. The number of benzene rings is 2. The van der Waals surface area contributed by atoms with Crippen molar-refractivity contribution in [2.45, 2.75) is 13.3 Å². The minimum Gasteiger partial charge on any atom is -0.437 e. The summed E-state index contributed by atoms with van der Waals surface area (Å²) in [5, 5.41) is 8.76. The van der Waals surface area contributed by atoms with E-state index in [1.54, 1.807) is 43.6 Å². The standard InChI is InChI=1S/C24H22ClN7O2/c1-3-15-6-4-7-16(12-15)30-24(33)31-17-9-10-20(19(25)13-17)34-22-18(8-5-11-27-22)21-28-14-29-23(26-2)32-21/h4-14H,3H2,1-2H3,(H2,30,31,33)(H,26,28,29,32). The Hall–Kier alpha value is -4.24. The summed E-state index contributed by atoms with van der Waals surface area (Å²) in [7, 11) is 1.72. The maximum Gasteiger partial charge on any atom is 0.323 e.